The van der Waals surface area contributed by atoms with Gasteiger partial charge in [-0.3, -0.25) is 24.1 Å². The lowest BCUT2D eigenvalue weighted by molar-refractivity contribution is -0.266. The molecule has 2 amide bonds. The predicted molar refractivity (Wildman–Crippen MR) is 300 cm³/mol. The predicted octanol–water partition coefficient (Wildman–Crippen LogP) is 5.79. The minimum atomic E-state index is -2.49. The molecule has 0 aromatic heterocycles. The summed E-state index contributed by atoms with van der Waals surface area (Å²) in [4.78, 5) is 88.0. The SMILES string of the molecule is CO[C@@H]1C[C@H](CC[C@@H]2CC(=O)[C@H](C)/C=C(\C)[C@@H](O)[C@@H](OC)C(=O)[C@H](C)C[C@H](C)/C=C/C=C/C=C(\C)C(OCCOC3COC3)C[C@@H]3CC[C@@H](C)[C@@](O)(O3)C(=O)C(=O)N3CCCC[C@H]3C(=O)O2)CC[C@H]1OC(=O)NCCN1CCOCC1. The van der Waals surface area contributed by atoms with E-state index in [9.17, 15) is 39.0 Å². The third-order valence-corrected chi connectivity index (χ3v) is 17.2. The monoisotopic (exact) mass is 1140 g/mol. The number of fused-ring (bicyclic) bond motifs is 3. The van der Waals surface area contributed by atoms with Crippen molar-refractivity contribution in [2.45, 2.75) is 186 Å². The highest BCUT2D eigenvalue weighted by Gasteiger charge is 2.53. The Morgan fingerprint density at radius 1 is 0.815 bits per heavy atom. The van der Waals surface area contributed by atoms with Gasteiger partial charge in [0.15, 0.2) is 5.78 Å². The molecule has 5 heterocycles. The van der Waals surface area contributed by atoms with Crippen LogP contribution in [0.4, 0.5) is 4.79 Å². The van der Waals surface area contributed by atoms with Crippen LogP contribution in [0.25, 0.3) is 0 Å². The van der Waals surface area contributed by atoms with Crippen LogP contribution in [0.2, 0.25) is 0 Å². The zero-order valence-corrected chi connectivity index (χ0v) is 49.4. The van der Waals surface area contributed by atoms with Gasteiger partial charge in [0, 0.05) is 77.5 Å². The molecule has 14 atom stereocenters. The minimum Gasteiger partial charge on any atom is -0.460 e. The molecule has 6 aliphatic rings. The Labute approximate surface area is 479 Å². The number of carbonyl (C=O) groups is 6. The second-order valence-electron chi connectivity index (χ2n) is 23.5. The molecule has 0 aromatic carbocycles. The van der Waals surface area contributed by atoms with Crippen LogP contribution >= 0.6 is 0 Å². The number of piperidine rings is 1. The first-order chi connectivity index (χ1) is 38.8. The zero-order chi connectivity index (χ0) is 58.6. The van der Waals surface area contributed by atoms with Crippen LogP contribution in [0.5, 0.6) is 0 Å². The standard InChI is InChI=1S/C61H95N3O17/c1-39-14-10-9-11-15-40(2)52(78-31-30-77-48-37-76-38-48)36-47-20-17-44(6)61(72,81-47)57(68)58(69)64-24-13-12-16-49(64)59(70)79-46(35-50(65)41(3)33-43(5)55(67)56(74-8)54(66)42(4)32-39)21-18-45-19-22-51(53(34-45)73-7)80-60(71)62-23-25-63-26-28-75-29-27-63/h9-11,14-15,33,39,41-42,44-49,51-53,55-56,67,72H,12-13,16-32,34-38H2,1-8H3,(H,62,71)/b11-9+,14-10+,40-15+,43-33+/t39-,41-,42-,44-,45-,46-,47+,49+,51-,52?,53-,55-,56+,61-/m1/s1. The van der Waals surface area contributed by atoms with E-state index in [-0.39, 0.29) is 68.3 Å². The number of morpholine rings is 1. The largest absolute Gasteiger partial charge is 0.460 e. The number of ketones is 3. The second-order valence-corrected chi connectivity index (χ2v) is 23.5. The number of cyclic esters (lactones) is 1. The van der Waals surface area contributed by atoms with Crippen molar-refractivity contribution >= 4 is 35.3 Å². The average Bonchev–Trinajstić information content (AvgIpc) is 3.54. The molecule has 20 nitrogen and oxygen atoms in total. The van der Waals surface area contributed by atoms with Crippen molar-refractivity contribution < 1.29 is 81.6 Å². The number of ether oxygens (including phenoxy) is 9. The number of nitrogens with one attached hydrogen (secondary N) is 1. The second kappa shape index (κ2) is 32.7. The van der Waals surface area contributed by atoms with Crippen LogP contribution in [0.1, 0.15) is 125 Å². The Kier molecular flexibility index (Phi) is 26.6. The van der Waals surface area contributed by atoms with Crippen molar-refractivity contribution in [1.29, 1.82) is 0 Å². The van der Waals surface area contributed by atoms with Crippen molar-refractivity contribution in [3.05, 3.63) is 47.6 Å². The Hall–Kier alpha value is -4.22. The van der Waals surface area contributed by atoms with Gasteiger partial charge in [0.2, 0.25) is 5.79 Å². The number of esters is 1. The molecule has 4 saturated heterocycles. The number of hydrogen-bond acceptors (Lipinski definition) is 18. The molecule has 5 aliphatic heterocycles. The van der Waals surface area contributed by atoms with Crippen LogP contribution in [0.3, 0.4) is 0 Å². The molecule has 1 unspecified atom stereocenters. The van der Waals surface area contributed by atoms with Crippen molar-refractivity contribution in [3.8, 4) is 0 Å². The molecule has 456 valence electrons. The van der Waals surface area contributed by atoms with Crippen LogP contribution in [-0.2, 0) is 66.6 Å². The maximum atomic E-state index is 14.6. The number of methoxy groups -OCH3 is 2. The number of carbonyl (C=O) groups excluding carboxylic acids is 6. The number of nitrogens with zero attached hydrogens (tertiary/aromatic N) is 2. The number of amides is 2. The summed E-state index contributed by atoms with van der Waals surface area (Å²) in [7, 11) is 2.95. The van der Waals surface area contributed by atoms with Crippen molar-refractivity contribution in [1.82, 2.24) is 15.1 Å². The summed E-state index contributed by atoms with van der Waals surface area (Å²) in [5.41, 5.74) is 1.22. The minimum absolute atomic E-state index is 0.00972. The first-order valence-corrected chi connectivity index (χ1v) is 29.8. The van der Waals surface area contributed by atoms with Gasteiger partial charge in [-0.15, -0.1) is 0 Å². The van der Waals surface area contributed by atoms with Gasteiger partial charge in [-0.05, 0) is 107 Å². The Bertz CT molecular complexity index is 2190. The van der Waals surface area contributed by atoms with Gasteiger partial charge >= 0.3 is 12.1 Å². The molecule has 81 heavy (non-hydrogen) atoms. The fourth-order valence-corrected chi connectivity index (χ4v) is 11.9. The summed E-state index contributed by atoms with van der Waals surface area (Å²) in [5, 5.41) is 26.6. The van der Waals surface area contributed by atoms with Gasteiger partial charge in [0.1, 0.15) is 42.3 Å². The van der Waals surface area contributed by atoms with E-state index in [1.165, 1.54) is 12.0 Å². The molecule has 1 saturated carbocycles. The molecule has 0 spiro atoms. The normalized spacial score (nSPS) is 36.7. The molecule has 20 heteroatoms. The fourth-order valence-electron chi connectivity index (χ4n) is 11.9. The van der Waals surface area contributed by atoms with Gasteiger partial charge in [0.05, 0.1) is 58.0 Å². The summed E-state index contributed by atoms with van der Waals surface area (Å²) in [5.74, 6) is -8.01. The van der Waals surface area contributed by atoms with Crippen LogP contribution in [-0.4, -0.2) is 203 Å². The number of hydrogen-bond donors (Lipinski definition) is 3. The van der Waals surface area contributed by atoms with Gasteiger partial charge < -0.3 is 63.1 Å². The number of aliphatic hydroxyl groups is 2. The van der Waals surface area contributed by atoms with Crippen molar-refractivity contribution in [3.63, 3.8) is 0 Å². The molecule has 2 bridgehead atoms. The lowest BCUT2D eigenvalue weighted by Crippen LogP contribution is -2.60. The molecule has 1 aliphatic carbocycles. The van der Waals surface area contributed by atoms with Gasteiger partial charge in [0.25, 0.3) is 11.7 Å². The van der Waals surface area contributed by atoms with Gasteiger partial charge in [-0.1, -0.05) is 64.2 Å². The summed E-state index contributed by atoms with van der Waals surface area (Å²) in [6.07, 6.45) is 10.3. The Morgan fingerprint density at radius 3 is 2.28 bits per heavy atom. The molecule has 3 N–H and O–H groups in total. The van der Waals surface area contributed by atoms with E-state index in [4.69, 9.17) is 42.6 Å². The Morgan fingerprint density at radius 2 is 1.57 bits per heavy atom. The average molecular weight is 1140 g/mol. The van der Waals surface area contributed by atoms with E-state index in [2.05, 4.69) is 10.2 Å². The smallest absolute Gasteiger partial charge is 0.407 e. The maximum Gasteiger partial charge on any atom is 0.407 e. The van der Waals surface area contributed by atoms with E-state index in [1.54, 1.807) is 34.0 Å². The Balaban J connectivity index is 1.22. The molecule has 0 radical (unpaired) electrons. The first kappa shape index (κ1) is 65.9. The highest BCUT2D eigenvalue weighted by Crippen LogP contribution is 2.38. The first-order valence-electron chi connectivity index (χ1n) is 29.8. The molecule has 6 rings (SSSR count). The number of Topliss-reactive ketones (excluding diaryl/α,β-unsaturated/α-hetero) is 3. The maximum absolute atomic E-state index is 14.6. The van der Waals surface area contributed by atoms with Gasteiger partial charge in [-0.25, -0.2) is 9.59 Å². The zero-order valence-electron chi connectivity index (χ0n) is 49.4. The molecular weight excluding hydrogens is 1050 g/mol. The van der Waals surface area contributed by atoms with Crippen LogP contribution < -0.4 is 5.32 Å². The summed E-state index contributed by atoms with van der Waals surface area (Å²) >= 11 is 0. The summed E-state index contributed by atoms with van der Waals surface area (Å²) in [6, 6.07) is -1.18. The van der Waals surface area contributed by atoms with E-state index in [1.807, 2.05) is 51.2 Å². The number of rotatable bonds is 14. The van der Waals surface area contributed by atoms with Crippen LogP contribution in [0, 0.1) is 29.6 Å². The highest BCUT2D eigenvalue weighted by molar-refractivity contribution is 6.39. The number of aliphatic hydroxyl groups excluding tert-OH is 1. The summed E-state index contributed by atoms with van der Waals surface area (Å²) < 4.78 is 52.8. The topological polar surface area (TPSA) is 244 Å². The lowest BCUT2D eigenvalue weighted by Gasteiger charge is -2.42. The van der Waals surface area contributed by atoms with Gasteiger partial charge in [-0.2, -0.15) is 0 Å². The van der Waals surface area contributed by atoms with E-state index in [0.717, 1.165) is 18.7 Å². The number of allylic oxidation sites excluding steroid dienone is 6. The number of alkyl carbamates (subject to hydrolysis) is 1. The van der Waals surface area contributed by atoms with Crippen molar-refractivity contribution in [2.75, 3.05) is 86.6 Å². The molecule has 0 aromatic rings. The van der Waals surface area contributed by atoms with Crippen molar-refractivity contribution in [2.24, 2.45) is 29.6 Å². The molecule has 5 fully saturated rings. The van der Waals surface area contributed by atoms with E-state index < -0.39 is 96.1 Å². The lowest BCUT2D eigenvalue weighted by atomic mass is 9.81. The van der Waals surface area contributed by atoms with Crippen LogP contribution in [0.15, 0.2) is 47.6 Å². The highest BCUT2D eigenvalue weighted by atomic mass is 16.6. The third-order valence-electron chi connectivity index (χ3n) is 17.2. The van der Waals surface area contributed by atoms with E-state index >= 15 is 0 Å². The van der Waals surface area contributed by atoms with E-state index in [0.29, 0.717) is 109 Å². The molecular formula is C61H95N3O17. The quantitative estimate of drug-likeness (QED) is 0.0807. The summed E-state index contributed by atoms with van der Waals surface area (Å²) in [6.45, 7) is 16.5. The third kappa shape index (κ3) is 19.4. The fraction of sp³-hybridized carbons (Fsp3) is 0.770.